The Morgan fingerprint density at radius 2 is 1.57 bits per heavy atom. The average molecular weight is 582 g/mol. The zero-order valence-corrected chi connectivity index (χ0v) is 24.5. The standard InChI is InChI=1S/C31H36ClN3O4S/c1-23-28(32)18-11-19-29(23)35(40(38,39)27-16-7-4-8-17-27)22-30(36)34(21-20-25-12-5-3-6-13-25)24(2)31(37)33-26-14-9-10-15-26/h3-8,11-13,16-19,24,26H,9-10,14-15,20-22H2,1-2H3,(H,33,37). The van der Waals surface area contributed by atoms with Crippen LogP contribution in [-0.2, 0) is 26.0 Å². The summed E-state index contributed by atoms with van der Waals surface area (Å²) in [7, 11) is -4.13. The highest BCUT2D eigenvalue weighted by molar-refractivity contribution is 7.92. The summed E-state index contributed by atoms with van der Waals surface area (Å²) in [6, 6.07) is 22.0. The number of hydrogen-bond donors (Lipinski definition) is 1. The van der Waals surface area contributed by atoms with Gasteiger partial charge in [0.05, 0.1) is 10.6 Å². The topological polar surface area (TPSA) is 86.8 Å². The van der Waals surface area contributed by atoms with Crippen LogP contribution in [0.25, 0.3) is 0 Å². The molecule has 0 radical (unpaired) electrons. The van der Waals surface area contributed by atoms with E-state index in [0.717, 1.165) is 35.6 Å². The fourth-order valence-electron chi connectivity index (χ4n) is 5.06. The Morgan fingerprint density at radius 1 is 0.950 bits per heavy atom. The molecule has 9 heteroatoms. The van der Waals surface area contributed by atoms with Gasteiger partial charge in [0.25, 0.3) is 10.0 Å². The van der Waals surface area contributed by atoms with Gasteiger partial charge in [-0.05, 0) is 68.5 Å². The number of halogens is 1. The van der Waals surface area contributed by atoms with Gasteiger partial charge in [0.15, 0.2) is 0 Å². The molecule has 1 fully saturated rings. The van der Waals surface area contributed by atoms with Gasteiger partial charge >= 0.3 is 0 Å². The lowest BCUT2D eigenvalue weighted by atomic mass is 10.1. The zero-order valence-electron chi connectivity index (χ0n) is 22.9. The number of nitrogens with zero attached hydrogens (tertiary/aromatic N) is 2. The van der Waals surface area contributed by atoms with E-state index in [-0.39, 0.29) is 23.4 Å². The molecule has 3 aromatic rings. The molecule has 1 aliphatic carbocycles. The predicted molar refractivity (Wildman–Crippen MR) is 159 cm³/mol. The second-order valence-corrected chi connectivity index (χ2v) is 12.5. The second kappa shape index (κ2) is 13.3. The van der Waals surface area contributed by atoms with Crippen LogP contribution in [0.15, 0.2) is 83.8 Å². The SMILES string of the molecule is Cc1c(Cl)cccc1N(CC(=O)N(CCc1ccccc1)C(C)C(=O)NC1CCCC1)S(=O)(=O)c1ccccc1. The molecule has 0 saturated heterocycles. The van der Waals surface area contributed by atoms with Crippen molar-refractivity contribution in [3.05, 3.63) is 95.0 Å². The van der Waals surface area contributed by atoms with Crippen LogP contribution in [0.5, 0.6) is 0 Å². The molecule has 0 heterocycles. The number of nitrogens with one attached hydrogen (secondary N) is 1. The molecule has 1 atom stereocenters. The molecule has 0 bridgehead atoms. The quantitative estimate of drug-likeness (QED) is 0.330. The van der Waals surface area contributed by atoms with E-state index in [9.17, 15) is 18.0 Å². The first-order chi connectivity index (χ1) is 19.2. The molecule has 0 aromatic heterocycles. The Kier molecular flexibility index (Phi) is 9.87. The first kappa shape index (κ1) is 29.6. The molecule has 3 aromatic carbocycles. The third-order valence-corrected chi connectivity index (χ3v) is 9.65. The average Bonchev–Trinajstić information content (AvgIpc) is 3.47. The van der Waals surface area contributed by atoms with Crippen molar-refractivity contribution in [2.45, 2.75) is 62.9 Å². The summed E-state index contributed by atoms with van der Waals surface area (Å²) in [5, 5.41) is 3.48. The number of carbonyl (C=O) groups excluding carboxylic acids is 2. The highest BCUT2D eigenvalue weighted by atomic mass is 35.5. The van der Waals surface area contributed by atoms with Crippen molar-refractivity contribution in [1.29, 1.82) is 0 Å². The minimum atomic E-state index is -4.13. The monoisotopic (exact) mass is 581 g/mol. The highest BCUT2D eigenvalue weighted by Crippen LogP contribution is 2.31. The fourth-order valence-corrected chi connectivity index (χ4v) is 6.72. The molecule has 1 saturated carbocycles. The molecular weight excluding hydrogens is 546 g/mol. The molecule has 2 amide bonds. The number of amides is 2. The highest BCUT2D eigenvalue weighted by Gasteiger charge is 2.33. The third kappa shape index (κ3) is 7.04. The zero-order chi connectivity index (χ0) is 28.7. The number of carbonyl (C=O) groups is 2. The van der Waals surface area contributed by atoms with Crippen molar-refractivity contribution >= 4 is 39.1 Å². The van der Waals surface area contributed by atoms with Crippen molar-refractivity contribution < 1.29 is 18.0 Å². The molecule has 1 N–H and O–H groups in total. The molecule has 1 unspecified atom stereocenters. The number of rotatable bonds is 11. The maximum absolute atomic E-state index is 14.0. The van der Waals surface area contributed by atoms with Crippen LogP contribution in [0.4, 0.5) is 5.69 Å². The summed E-state index contributed by atoms with van der Waals surface area (Å²) in [5.74, 6) is -0.700. The maximum atomic E-state index is 14.0. The first-order valence-electron chi connectivity index (χ1n) is 13.6. The lowest BCUT2D eigenvalue weighted by molar-refractivity contribution is -0.139. The van der Waals surface area contributed by atoms with Gasteiger partial charge in [-0.3, -0.25) is 13.9 Å². The Balaban J connectivity index is 1.66. The van der Waals surface area contributed by atoms with Gasteiger partial charge in [0.2, 0.25) is 11.8 Å². The number of hydrogen-bond acceptors (Lipinski definition) is 4. The van der Waals surface area contributed by atoms with Gasteiger partial charge in [-0.25, -0.2) is 8.42 Å². The van der Waals surface area contributed by atoms with Crippen molar-refractivity contribution in [2.75, 3.05) is 17.4 Å². The van der Waals surface area contributed by atoms with Crippen LogP contribution in [0.2, 0.25) is 5.02 Å². The predicted octanol–water partition coefficient (Wildman–Crippen LogP) is 5.36. The number of benzene rings is 3. The number of sulfonamides is 1. The molecule has 1 aliphatic rings. The Labute approximate surface area is 242 Å². The van der Waals surface area contributed by atoms with E-state index in [2.05, 4.69) is 5.32 Å². The van der Waals surface area contributed by atoms with Crippen LogP contribution >= 0.6 is 11.6 Å². The van der Waals surface area contributed by atoms with Gasteiger partial charge in [-0.2, -0.15) is 0 Å². The number of anilines is 1. The van der Waals surface area contributed by atoms with E-state index in [0.29, 0.717) is 22.7 Å². The molecule has 7 nitrogen and oxygen atoms in total. The second-order valence-electron chi connectivity index (χ2n) is 10.2. The largest absolute Gasteiger partial charge is 0.352 e. The van der Waals surface area contributed by atoms with E-state index in [4.69, 9.17) is 11.6 Å². The van der Waals surface area contributed by atoms with Crippen molar-refractivity contribution in [3.8, 4) is 0 Å². The Morgan fingerprint density at radius 3 is 2.23 bits per heavy atom. The normalized spacial score (nSPS) is 14.5. The lowest BCUT2D eigenvalue weighted by Gasteiger charge is -2.33. The van der Waals surface area contributed by atoms with Crippen LogP contribution in [0.1, 0.15) is 43.7 Å². The molecule has 0 aliphatic heterocycles. The Bertz CT molecular complexity index is 1410. The van der Waals surface area contributed by atoms with E-state index < -0.39 is 28.5 Å². The summed E-state index contributed by atoms with van der Waals surface area (Å²) >= 11 is 6.37. The van der Waals surface area contributed by atoms with Gasteiger partial charge in [-0.1, -0.05) is 79.0 Å². The van der Waals surface area contributed by atoms with Crippen LogP contribution in [0, 0.1) is 6.92 Å². The fraction of sp³-hybridized carbons (Fsp3) is 0.355. The van der Waals surface area contributed by atoms with Gasteiger partial charge in [0, 0.05) is 17.6 Å². The molecule has 40 heavy (non-hydrogen) atoms. The van der Waals surface area contributed by atoms with E-state index in [1.54, 1.807) is 50.2 Å². The van der Waals surface area contributed by atoms with E-state index >= 15 is 0 Å². The van der Waals surface area contributed by atoms with Crippen LogP contribution < -0.4 is 9.62 Å². The van der Waals surface area contributed by atoms with E-state index in [1.807, 2.05) is 30.3 Å². The summed E-state index contributed by atoms with van der Waals surface area (Å²) in [6.45, 7) is 3.21. The minimum absolute atomic E-state index is 0.0602. The van der Waals surface area contributed by atoms with Crippen molar-refractivity contribution in [3.63, 3.8) is 0 Å². The molecule has 212 valence electrons. The molecule has 4 rings (SSSR count). The molecule has 0 spiro atoms. The summed E-state index contributed by atoms with van der Waals surface area (Å²) < 4.78 is 28.9. The Hall–Kier alpha value is -3.36. The van der Waals surface area contributed by atoms with Crippen molar-refractivity contribution in [2.24, 2.45) is 0 Å². The first-order valence-corrected chi connectivity index (χ1v) is 15.5. The van der Waals surface area contributed by atoms with Crippen LogP contribution in [-0.4, -0.2) is 50.3 Å². The minimum Gasteiger partial charge on any atom is -0.352 e. The smallest absolute Gasteiger partial charge is 0.264 e. The molecular formula is C31H36ClN3O4S. The summed E-state index contributed by atoms with van der Waals surface area (Å²) in [5.41, 5.74) is 1.87. The van der Waals surface area contributed by atoms with Gasteiger partial charge in [0.1, 0.15) is 12.6 Å². The van der Waals surface area contributed by atoms with Gasteiger partial charge < -0.3 is 10.2 Å². The van der Waals surface area contributed by atoms with Crippen molar-refractivity contribution in [1.82, 2.24) is 10.2 Å². The summed E-state index contributed by atoms with van der Waals surface area (Å²) in [4.78, 5) is 28.8. The van der Waals surface area contributed by atoms with Crippen LogP contribution in [0.3, 0.4) is 0 Å². The summed E-state index contributed by atoms with van der Waals surface area (Å²) in [6.07, 6.45) is 4.51. The van der Waals surface area contributed by atoms with E-state index in [1.165, 1.54) is 17.0 Å². The lowest BCUT2D eigenvalue weighted by Crippen LogP contribution is -2.53. The third-order valence-electron chi connectivity index (χ3n) is 7.47. The van der Waals surface area contributed by atoms with Gasteiger partial charge in [-0.15, -0.1) is 0 Å². The maximum Gasteiger partial charge on any atom is 0.264 e.